The minimum atomic E-state index is -3.82. The molecule has 0 aliphatic heterocycles. The molecule has 0 spiro atoms. The predicted octanol–water partition coefficient (Wildman–Crippen LogP) is 0.356. The van der Waals surface area contributed by atoms with Crippen LogP contribution in [0.2, 0.25) is 0 Å². The Labute approximate surface area is 46.3 Å². The van der Waals surface area contributed by atoms with E-state index in [0.29, 0.717) is 10.8 Å². The van der Waals surface area contributed by atoms with Gasteiger partial charge in [-0.05, 0) is 17.7 Å². The summed E-state index contributed by atoms with van der Waals surface area (Å²) in [5, 5.41) is 0. The van der Waals surface area contributed by atoms with Crippen LogP contribution in [0.3, 0.4) is 0 Å². The van der Waals surface area contributed by atoms with E-state index < -0.39 is 9.15 Å². The summed E-state index contributed by atoms with van der Waals surface area (Å²) in [5.74, 6) is 0.138. The number of hydrogen-bond acceptors (Lipinski definition) is 3. The third-order valence-electron chi connectivity index (χ3n) is 0.232. The molecule has 1 N–H and O–H groups in total. The van der Waals surface area contributed by atoms with E-state index in [-0.39, 0.29) is 5.75 Å². The zero-order chi connectivity index (χ0) is 5.91. The zero-order valence-corrected chi connectivity index (χ0v) is 5.13. The van der Waals surface area contributed by atoms with Crippen LogP contribution in [0.25, 0.3) is 0 Å². The molecule has 0 aliphatic carbocycles. The van der Waals surface area contributed by atoms with Crippen molar-refractivity contribution in [1.29, 1.82) is 0 Å². The Hall–Kier alpha value is 0.260. The first-order chi connectivity index (χ1) is 3.06. The van der Waals surface area contributed by atoms with E-state index in [1.165, 1.54) is 0 Å². The fourth-order valence-corrected chi connectivity index (χ4v) is 0.948. The molecule has 1 radical (unpaired) electrons. The molecule has 0 amide bonds. The minimum Gasteiger partial charge on any atom is -0.277 e. The second-order valence-electron chi connectivity index (χ2n) is 0.750. The standard InChI is InChI=1S/C2H5O3S2/c1-2-6-7(3,4)5/h1-2H2,(H,3,4,5). The molecule has 0 aromatic rings. The topological polar surface area (TPSA) is 54.4 Å². The van der Waals surface area contributed by atoms with Crippen molar-refractivity contribution in [3.8, 4) is 0 Å². The van der Waals surface area contributed by atoms with Gasteiger partial charge in [0.05, 0.1) is 0 Å². The molecule has 0 aromatic heterocycles. The van der Waals surface area contributed by atoms with E-state index in [2.05, 4.69) is 6.92 Å². The SMILES string of the molecule is [CH2]CSS(=O)(=O)O. The monoisotopic (exact) mass is 141 g/mol. The van der Waals surface area contributed by atoms with E-state index in [1.807, 2.05) is 0 Å². The second-order valence-corrected chi connectivity index (χ2v) is 4.22. The average molecular weight is 141 g/mol. The van der Waals surface area contributed by atoms with Gasteiger partial charge in [-0.1, -0.05) is 0 Å². The van der Waals surface area contributed by atoms with Crippen molar-refractivity contribution in [3.05, 3.63) is 6.92 Å². The average Bonchev–Trinajstić information content (AvgIpc) is 1.30. The van der Waals surface area contributed by atoms with Gasteiger partial charge in [-0.2, -0.15) is 8.42 Å². The maximum Gasteiger partial charge on any atom is 0.319 e. The van der Waals surface area contributed by atoms with Crippen LogP contribution in [0, 0.1) is 6.92 Å². The van der Waals surface area contributed by atoms with Gasteiger partial charge in [-0.3, -0.25) is 4.55 Å². The second kappa shape index (κ2) is 2.54. The van der Waals surface area contributed by atoms with Crippen molar-refractivity contribution in [1.82, 2.24) is 0 Å². The van der Waals surface area contributed by atoms with Gasteiger partial charge in [-0.15, -0.1) is 0 Å². The molecule has 0 saturated heterocycles. The van der Waals surface area contributed by atoms with E-state index >= 15 is 0 Å². The minimum absolute atomic E-state index is 0.138. The van der Waals surface area contributed by atoms with Crippen LogP contribution in [0.5, 0.6) is 0 Å². The molecule has 0 aliphatic rings. The molecule has 0 fully saturated rings. The molecule has 0 rings (SSSR count). The van der Waals surface area contributed by atoms with Crippen LogP contribution in [-0.4, -0.2) is 18.7 Å². The summed E-state index contributed by atoms with van der Waals surface area (Å²) in [4.78, 5) is 0. The molecule has 0 aromatic carbocycles. The first-order valence-electron chi connectivity index (χ1n) is 1.47. The molecule has 0 atom stereocenters. The Bertz CT molecular complexity index is 124. The molecule has 0 unspecified atom stereocenters. The van der Waals surface area contributed by atoms with Crippen LogP contribution in [0.4, 0.5) is 0 Å². The Balaban J connectivity index is 3.60. The Morgan fingerprint density at radius 2 is 2.14 bits per heavy atom. The smallest absolute Gasteiger partial charge is 0.277 e. The quantitative estimate of drug-likeness (QED) is 0.445. The Kier molecular flexibility index (Phi) is 2.63. The number of rotatable bonds is 2. The normalized spacial score (nSPS) is 11.7. The van der Waals surface area contributed by atoms with Crippen molar-refractivity contribution in [3.63, 3.8) is 0 Å². The van der Waals surface area contributed by atoms with Crippen molar-refractivity contribution >= 4 is 19.9 Å². The molecule has 43 valence electrons. The summed E-state index contributed by atoms with van der Waals surface area (Å²) in [6, 6.07) is 0. The maximum absolute atomic E-state index is 9.71. The fourth-order valence-electron chi connectivity index (χ4n) is 0.105. The van der Waals surface area contributed by atoms with Crippen LogP contribution in [0.15, 0.2) is 0 Å². The first-order valence-corrected chi connectivity index (χ1v) is 4.41. The summed E-state index contributed by atoms with van der Waals surface area (Å²) < 4.78 is 27.3. The maximum atomic E-state index is 9.71. The lowest BCUT2D eigenvalue weighted by atomic mass is 11.0. The van der Waals surface area contributed by atoms with Gasteiger partial charge in [-0.25, -0.2) is 0 Å². The highest BCUT2D eigenvalue weighted by atomic mass is 33.1. The molecule has 0 saturated carbocycles. The Morgan fingerprint density at radius 1 is 1.71 bits per heavy atom. The highest BCUT2D eigenvalue weighted by molar-refractivity contribution is 8.69. The van der Waals surface area contributed by atoms with Gasteiger partial charge in [0.1, 0.15) is 0 Å². The van der Waals surface area contributed by atoms with E-state index in [9.17, 15) is 8.42 Å². The highest BCUT2D eigenvalue weighted by Gasteiger charge is 1.99. The molecule has 3 nitrogen and oxygen atoms in total. The molecule has 0 bridgehead atoms. The summed E-state index contributed by atoms with van der Waals surface area (Å²) in [7, 11) is -3.41. The zero-order valence-electron chi connectivity index (χ0n) is 3.49. The molecular weight excluding hydrogens is 136 g/mol. The fraction of sp³-hybridized carbons (Fsp3) is 0.500. The van der Waals surface area contributed by atoms with E-state index in [4.69, 9.17) is 4.55 Å². The summed E-state index contributed by atoms with van der Waals surface area (Å²) >= 11 is 0. The van der Waals surface area contributed by atoms with E-state index in [1.54, 1.807) is 0 Å². The molecular formula is C2H5O3S2. The molecule has 7 heavy (non-hydrogen) atoms. The lowest BCUT2D eigenvalue weighted by Gasteiger charge is -1.85. The first kappa shape index (κ1) is 7.26. The van der Waals surface area contributed by atoms with Gasteiger partial charge >= 0.3 is 9.15 Å². The van der Waals surface area contributed by atoms with Crippen LogP contribution in [0.1, 0.15) is 0 Å². The van der Waals surface area contributed by atoms with Crippen molar-refractivity contribution < 1.29 is 13.0 Å². The van der Waals surface area contributed by atoms with Gasteiger partial charge < -0.3 is 0 Å². The highest BCUT2D eigenvalue weighted by Crippen LogP contribution is 2.05. The van der Waals surface area contributed by atoms with Gasteiger partial charge in [0.15, 0.2) is 0 Å². The predicted molar refractivity (Wildman–Crippen MR) is 29.4 cm³/mol. The van der Waals surface area contributed by atoms with Gasteiger partial charge in [0, 0.05) is 5.75 Å². The van der Waals surface area contributed by atoms with Crippen molar-refractivity contribution in [2.75, 3.05) is 5.75 Å². The van der Waals surface area contributed by atoms with Gasteiger partial charge in [0.2, 0.25) is 0 Å². The van der Waals surface area contributed by atoms with E-state index in [0.717, 1.165) is 0 Å². The van der Waals surface area contributed by atoms with Crippen LogP contribution >= 0.6 is 10.8 Å². The third-order valence-corrected chi connectivity index (χ3v) is 2.09. The third kappa shape index (κ3) is 6.26. The number of hydrogen-bond donors (Lipinski definition) is 1. The largest absolute Gasteiger partial charge is 0.319 e. The molecule has 5 heteroatoms. The summed E-state index contributed by atoms with van der Waals surface area (Å²) in [6.45, 7) is 3.19. The van der Waals surface area contributed by atoms with Crippen molar-refractivity contribution in [2.45, 2.75) is 0 Å². The lowest BCUT2D eigenvalue weighted by Crippen LogP contribution is -1.88. The van der Waals surface area contributed by atoms with Crippen LogP contribution < -0.4 is 0 Å². The van der Waals surface area contributed by atoms with Crippen LogP contribution in [-0.2, 0) is 9.15 Å². The Morgan fingerprint density at radius 3 is 2.14 bits per heavy atom. The molecule has 0 heterocycles. The van der Waals surface area contributed by atoms with Crippen molar-refractivity contribution in [2.24, 2.45) is 0 Å². The summed E-state index contributed by atoms with van der Waals surface area (Å²) in [6.07, 6.45) is 0. The lowest BCUT2D eigenvalue weighted by molar-refractivity contribution is 0.503. The summed E-state index contributed by atoms with van der Waals surface area (Å²) in [5.41, 5.74) is 0. The van der Waals surface area contributed by atoms with Gasteiger partial charge in [0.25, 0.3) is 0 Å².